The molecule has 0 aromatic rings. The van der Waals surface area contributed by atoms with Crippen molar-refractivity contribution in [1.82, 2.24) is 10.6 Å². The van der Waals surface area contributed by atoms with Gasteiger partial charge in [-0.25, -0.2) is 0 Å². The molecule has 1 atom stereocenters. The van der Waals surface area contributed by atoms with E-state index in [1.165, 1.54) is 0 Å². The van der Waals surface area contributed by atoms with Crippen molar-refractivity contribution in [3.05, 3.63) is 0 Å². The molecule has 2 N–H and O–H groups in total. The van der Waals surface area contributed by atoms with Crippen molar-refractivity contribution in [2.75, 3.05) is 59.3 Å². The first-order valence-electron chi connectivity index (χ1n) is 8.46. The Balaban J connectivity index is 3.19. The molecule has 0 aromatic carbocycles. The Labute approximate surface area is 163 Å². The lowest BCUT2D eigenvalue weighted by Gasteiger charge is -2.09. The van der Waals surface area contributed by atoms with Gasteiger partial charge in [0.25, 0.3) is 0 Å². The Morgan fingerprint density at radius 1 is 0.840 bits per heavy atom. The van der Waals surface area contributed by atoms with Gasteiger partial charge in [-0.3, -0.25) is 9.59 Å². The number of carbonyl (C=O) groups is 2. The van der Waals surface area contributed by atoms with Gasteiger partial charge >= 0.3 is 0 Å². The van der Waals surface area contributed by atoms with Gasteiger partial charge in [-0.2, -0.15) is 0 Å². The monoisotopic (exact) mass is 474 g/mol. The molecule has 0 aliphatic carbocycles. The van der Waals surface area contributed by atoms with E-state index in [-0.39, 0.29) is 28.4 Å². The van der Waals surface area contributed by atoms with E-state index in [4.69, 9.17) is 18.9 Å². The summed E-state index contributed by atoms with van der Waals surface area (Å²) in [5.74, 6) is -0.130. The zero-order valence-electron chi connectivity index (χ0n) is 15.3. The van der Waals surface area contributed by atoms with Crippen LogP contribution in [0.1, 0.15) is 20.8 Å². The normalized spacial score (nSPS) is 12.2. The molecule has 1 unspecified atom stereocenters. The average molecular weight is 474 g/mol. The van der Waals surface area contributed by atoms with E-state index in [0.29, 0.717) is 52.7 Å². The Kier molecular flexibility index (Phi) is 16.6. The van der Waals surface area contributed by atoms with Crippen molar-refractivity contribution < 1.29 is 28.5 Å². The zero-order valence-corrected chi connectivity index (χ0v) is 17.5. The molecule has 8 nitrogen and oxygen atoms in total. The second-order valence-electron chi connectivity index (χ2n) is 5.49. The van der Waals surface area contributed by atoms with Crippen LogP contribution in [-0.4, -0.2) is 75.3 Å². The first kappa shape index (κ1) is 24.5. The van der Waals surface area contributed by atoms with Crippen molar-refractivity contribution in [2.45, 2.75) is 24.9 Å². The molecule has 0 radical (unpaired) electrons. The van der Waals surface area contributed by atoms with Crippen molar-refractivity contribution in [3.63, 3.8) is 0 Å². The van der Waals surface area contributed by atoms with Crippen LogP contribution >= 0.6 is 22.6 Å². The molecule has 0 aromatic heterocycles. The molecule has 0 aliphatic rings. The van der Waals surface area contributed by atoms with Crippen molar-refractivity contribution in [2.24, 2.45) is 5.92 Å². The molecule has 9 heteroatoms. The second-order valence-corrected chi connectivity index (χ2v) is 7.24. The molecule has 148 valence electrons. The van der Waals surface area contributed by atoms with Gasteiger partial charge in [-0.1, -0.05) is 36.4 Å². The Hall–Kier alpha value is -0.490. The van der Waals surface area contributed by atoms with Crippen molar-refractivity contribution in [1.29, 1.82) is 0 Å². The van der Waals surface area contributed by atoms with Crippen LogP contribution in [0.3, 0.4) is 0 Å². The molecule has 0 heterocycles. The highest BCUT2D eigenvalue weighted by atomic mass is 127. The summed E-state index contributed by atoms with van der Waals surface area (Å²) in [6.07, 6.45) is 0. The van der Waals surface area contributed by atoms with Crippen molar-refractivity contribution in [3.8, 4) is 0 Å². The fraction of sp³-hybridized carbons (Fsp3) is 0.875. The van der Waals surface area contributed by atoms with Crippen LogP contribution in [-0.2, 0) is 28.5 Å². The smallest absolute Gasteiger partial charge is 0.246 e. The van der Waals surface area contributed by atoms with Gasteiger partial charge in [-0.15, -0.1) is 0 Å². The minimum Gasteiger partial charge on any atom is -0.377 e. The number of amides is 2. The highest BCUT2D eigenvalue weighted by Crippen LogP contribution is 1.98. The van der Waals surface area contributed by atoms with Crippen LogP contribution in [0.15, 0.2) is 0 Å². The van der Waals surface area contributed by atoms with E-state index in [1.54, 1.807) is 0 Å². The molecule has 0 bridgehead atoms. The van der Waals surface area contributed by atoms with Crippen LogP contribution in [0.5, 0.6) is 0 Å². The molecule has 25 heavy (non-hydrogen) atoms. The summed E-state index contributed by atoms with van der Waals surface area (Å²) in [5.41, 5.74) is 0. The highest BCUT2D eigenvalue weighted by molar-refractivity contribution is 14.1. The van der Waals surface area contributed by atoms with Gasteiger partial charge in [0, 0.05) is 19.0 Å². The third kappa shape index (κ3) is 18.1. The summed E-state index contributed by atoms with van der Waals surface area (Å²) in [5, 5.41) is 5.47. The lowest BCUT2D eigenvalue weighted by Crippen LogP contribution is -2.31. The highest BCUT2D eigenvalue weighted by Gasteiger charge is 2.04. The average Bonchev–Trinajstić information content (AvgIpc) is 2.56. The van der Waals surface area contributed by atoms with Crippen LogP contribution < -0.4 is 10.6 Å². The van der Waals surface area contributed by atoms with Gasteiger partial charge in [0.1, 0.15) is 10.7 Å². The van der Waals surface area contributed by atoms with Gasteiger partial charge in [0.2, 0.25) is 11.8 Å². The van der Waals surface area contributed by atoms with Crippen LogP contribution in [0.4, 0.5) is 0 Å². The Morgan fingerprint density at radius 3 is 1.80 bits per heavy atom. The fourth-order valence-corrected chi connectivity index (χ4v) is 1.68. The number of hydrogen-bond acceptors (Lipinski definition) is 6. The first-order chi connectivity index (χ1) is 11.9. The van der Waals surface area contributed by atoms with Gasteiger partial charge < -0.3 is 29.6 Å². The number of halogens is 1. The maximum Gasteiger partial charge on any atom is 0.246 e. The van der Waals surface area contributed by atoms with E-state index in [1.807, 2.05) is 20.8 Å². The molecule has 0 rings (SSSR count). The maximum atomic E-state index is 11.3. The molecule has 0 fully saturated rings. The molecule has 2 amide bonds. The number of rotatable bonds is 16. The molecular weight excluding hydrogens is 443 g/mol. The molecular formula is C16H31IN2O6. The zero-order chi connectivity index (χ0) is 18.9. The summed E-state index contributed by atoms with van der Waals surface area (Å²) in [6.45, 7) is 9.37. The summed E-state index contributed by atoms with van der Waals surface area (Å²) in [7, 11) is 0. The quantitative estimate of drug-likeness (QED) is 0.195. The number of nitrogens with one attached hydrogen (secondary N) is 2. The molecule has 0 saturated heterocycles. The topological polar surface area (TPSA) is 95.1 Å². The summed E-state index contributed by atoms with van der Waals surface area (Å²) in [6, 6.07) is 0. The number of carbonyl (C=O) groups excluding carboxylic acids is 2. The third-order valence-electron chi connectivity index (χ3n) is 2.83. The SMILES string of the molecule is CC(I)OCC(=O)NCCOCCOCCOCCNC(=O)C(C)C. The van der Waals surface area contributed by atoms with E-state index in [2.05, 4.69) is 33.2 Å². The predicted octanol–water partition coefficient (Wildman–Crippen LogP) is 0.722. The standard InChI is InChI=1S/C16H31IN2O6/c1-13(2)16(21)19-5-7-23-9-11-24-10-8-22-6-4-18-15(20)12-25-14(3)17/h13-14H,4-12H2,1-3H3,(H,18,20)(H,19,21). The largest absolute Gasteiger partial charge is 0.377 e. The van der Waals surface area contributed by atoms with Crippen LogP contribution in [0.2, 0.25) is 0 Å². The summed E-state index contributed by atoms with van der Waals surface area (Å²) in [4.78, 5) is 22.6. The van der Waals surface area contributed by atoms with E-state index >= 15 is 0 Å². The van der Waals surface area contributed by atoms with Crippen molar-refractivity contribution >= 4 is 34.4 Å². The molecule has 0 aliphatic heterocycles. The lowest BCUT2D eigenvalue weighted by molar-refractivity contribution is -0.126. The molecule has 0 saturated carbocycles. The van der Waals surface area contributed by atoms with Gasteiger partial charge in [0.15, 0.2) is 0 Å². The minimum absolute atomic E-state index is 0.00953. The maximum absolute atomic E-state index is 11.3. The van der Waals surface area contributed by atoms with E-state index < -0.39 is 0 Å². The Morgan fingerprint density at radius 2 is 1.32 bits per heavy atom. The van der Waals surface area contributed by atoms with Gasteiger partial charge in [-0.05, 0) is 6.92 Å². The second kappa shape index (κ2) is 17.0. The van der Waals surface area contributed by atoms with E-state index in [0.717, 1.165) is 0 Å². The molecule has 0 spiro atoms. The summed E-state index contributed by atoms with van der Waals surface area (Å²) < 4.78 is 21.2. The number of alkyl halides is 1. The van der Waals surface area contributed by atoms with Gasteiger partial charge in [0.05, 0.1) is 39.6 Å². The fourth-order valence-electron chi connectivity index (χ4n) is 1.50. The first-order valence-corrected chi connectivity index (χ1v) is 9.71. The predicted molar refractivity (Wildman–Crippen MR) is 103 cm³/mol. The number of hydrogen-bond donors (Lipinski definition) is 2. The Bertz CT molecular complexity index is 356. The van der Waals surface area contributed by atoms with Crippen LogP contribution in [0.25, 0.3) is 0 Å². The van der Waals surface area contributed by atoms with E-state index in [9.17, 15) is 9.59 Å². The summed E-state index contributed by atoms with van der Waals surface area (Å²) >= 11 is 2.09. The lowest BCUT2D eigenvalue weighted by atomic mass is 10.2. The van der Waals surface area contributed by atoms with Crippen LogP contribution in [0, 0.1) is 5.92 Å². The number of ether oxygens (including phenoxy) is 4. The third-order valence-corrected chi connectivity index (χ3v) is 3.19. The minimum atomic E-state index is -0.148.